The van der Waals surface area contributed by atoms with E-state index >= 15 is 0 Å². The maximum Gasteiger partial charge on any atom is 0.267 e. The molecule has 1 saturated heterocycles. The van der Waals surface area contributed by atoms with Gasteiger partial charge in [-0.3, -0.25) is 13.8 Å². The Morgan fingerprint density at radius 1 is 1.10 bits per heavy atom. The first-order valence-corrected chi connectivity index (χ1v) is 10.8. The highest BCUT2D eigenvalue weighted by Gasteiger charge is 2.28. The molecule has 0 unspecified atom stereocenters. The second-order valence-corrected chi connectivity index (χ2v) is 8.88. The van der Waals surface area contributed by atoms with E-state index in [0.29, 0.717) is 24.3 Å². The Balaban J connectivity index is 1.77. The van der Waals surface area contributed by atoms with Gasteiger partial charge in [-0.1, -0.05) is 36.4 Å². The number of benzene rings is 2. The van der Waals surface area contributed by atoms with E-state index in [0.717, 1.165) is 12.0 Å². The molecule has 0 saturated carbocycles. The summed E-state index contributed by atoms with van der Waals surface area (Å²) in [6.45, 7) is 0.825. The zero-order chi connectivity index (χ0) is 20.4. The first-order valence-electron chi connectivity index (χ1n) is 9.41. The van der Waals surface area contributed by atoms with Crippen LogP contribution < -0.4 is 9.21 Å². The van der Waals surface area contributed by atoms with Gasteiger partial charge in [-0.05, 0) is 30.2 Å². The predicted molar refractivity (Wildman–Crippen MR) is 111 cm³/mol. The zero-order valence-electron chi connectivity index (χ0n) is 16.1. The second kappa shape index (κ2) is 7.71. The van der Waals surface area contributed by atoms with Crippen molar-refractivity contribution in [2.45, 2.75) is 24.3 Å². The van der Waals surface area contributed by atoms with Crippen LogP contribution in [0, 0.1) is 0 Å². The quantitative estimate of drug-likeness (QED) is 0.626. The van der Waals surface area contributed by atoms with Crippen LogP contribution in [0.15, 0.2) is 71.9 Å². The van der Waals surface area contributed by atoms with Crippen molar-refractivity contribution < 1.29 is 13.2 Å². The van der Waals surface area contributed by atoms with Gasteiger partial charge in [0.1, 0.15) is 4.90 Å². The molecule has 8 heteroatoms. The molecule has 1 amide bonds. The highest BCUT2D eigenvalue weighted by atomic mass is 32.2. The maximum absolute atomic E-state index is 13.4. The van der Waals surface area contributed by atoms with E-state index in [1.54, 1.807) is 30.1 Å². The minimum absolute atomic E-state index is 0.0619. The molecule has 1 aromatic heterocycles. The summed E-state index contributed by atoms with van der Waals surface area (Å²) >= 11 is 0. The Morgan fingerprint density at radius 3 is 2.55 bits per heavy atom. The average molecular weight is 410 g/mol. The molecule has 150 valence electrons. The molecule has 0 N–H and O–H groups in total. The van der Waals surface area contributed by atoms with Crippen LogP contribution in [-0.2, 0) is 28.4 Å². The van der Waals surface area contributed by atoms with Crippen LogP contribution in [0.2, 0.25) is 0 Å². The van der Waals surface area contributed by atoms with Crippen molar-refractivity contribution in [2.24, 2.45) is 7.05 Å². The van der Waals surface area contributed by atoms with Crippen LogP contribution >= 0.6 is 0 Å². The molecule has 0 bridgehead atoms. The van der Waals surface area contributed by atoms with Gasteiger partial charge in [0.2, 0.25) is 5.91 Å². The van der Waals surface area contributed by atoms with Crippen LogP contribution in [-0.4, -0.2) is 30.7 Å². The molecular weight excluding hydrogens is 388 g/mol. The first-order chi connectivity index (χ1) is 13.9. The molecule has 7 nitrogen and oxygen atoms in total. The van der Waals surface area contributed by atoms with Crippen molar-refractivity contribution in [2.75, 3.05) is 15.7 Å². The molecule has 1 aliphatic heterocycles. The summed E-state index contributed by atoms with van der Waals surface area (Å²) in [7, 11) is -2.16. The smallest absolute Gasteiger partial charge is 0.267 e. The summed E-state index contributed by atoms with van der Waals surface area (Å²) in [6.07, 6.45) is 4.17. The van der Waals surface area contributed by atoms with E-state index in [2.05, 4.69) is 5.10 Å². The summed E-state index contributed by atoms with van der Waals surface area (Å²) in [5, 5.41) is 4.01. The van der Waals surface area contributed by atoms with Gasteiger partial charge < -0.3 is 4.90 Å². The Hall–Kier alpha value is -3.13. The third-order valence-electron chi connectivity index (χ3n) is 4.94. The van der Waals surface area contributed by atoms with E-state index in [9.17, 15) is 13.2 Å². The fourth-order valence-electron chi connectivity index (χ4n) is 3.46. The standard InChI is InChI=1S/C21H22N4O3S/c1-23-16-20(14-22-23)29(27,28)25(15-17-7-3-2-4-8-17)19-10-5-9-18(13-19)24-12-6-11-21(24)26/h2-5,7-10,13-14,16H,6,11-12,15H2,1H3. The SMILES string of the molecule is Cn1cc(S(=O)(=O)N(Cc2ccccc2)c2cccc(N3CCCC3=O)c2)cn1. The van der Waals surface area contributed by atoms with Crippen molar-refractivity contribution in [3.63, 3.8) is 0 Å². The maximum atomic E-state index is 13.4. The van der Waals surface area contributed by atoms with Crippen molar-refractivity contribution in [3.05, 3.63) is 72.6 Å². The van der Waals surface area contributed by atoms with Gasteiger partial charge in [-0.25, -0.2) is 8.42 Å². The number of amides is 1. The molecule has 0 atom stereocenters. The number of hydrogen-bond donors (Lipinski definition) is 0. The lowest BCUT2D eigenvalue weighted by Gasteiger charge is -2.25. The number of carbonyl (C=O) groups excluding carboxylic acids is 1. The Labute approximate surface area is 170 Å². The van der Waals surface area contributed by atoms with Crippen molar-refractivity contribution in [1.29, 1.82) is 0 Å². The summed E-state index contributed by atoms with van der Waals surface area (Å²) in [5.74, 6) is 0.0619. The van der Waals surface area contributed by atoms with E-state index in [1.165, 1.54) is 21.4 Å². The van der Waals surface area contributed by atoms with Gasteiger partial charge in [0.15, 0.2) is 0 Å². The van der Waals surface area contributed by atoms with Gasteiger partial charge in [0, 0.05) is 31.9 Å². The number of aryl methyl sites for hydroxylation is 1. The van der Waals surface area contributed by atoms with Crippen molar-refractivity contribution in [1.82, 2.24) is 9.78 Å². The van der Waals surface area contributed by atoms with Gasteiger partial charge >= 0.3 is 0 Å². The molecule has 4 rings (SSSR count). The molecular formula is C21H22N4O3S. The van der Waals surface area contributed by atoms with Gasteiger partial charge in [-0.15, -0.1) is 0 Å². The summed E-state index contributed by atoms with van der Waals surface area (Å²) < 4.78 is 29.7. The van der Waals surface area contributed by atoms with E-state index in [-0.39, 0.29) is 17.3 Å². The monoisotopic (exact) mass is 410 g/mol. The number of sulfonamides is 1. The number of anilines is 2. The lowest BCUT2D eigenvalue weighted by molar-refractivity contribution is -0.117. The Kier molecular flexibility index (Phi) is 5.10. The molecule has 0 aliphatic carbocycles. The third kappa shape index (κ3) is 3.88. The molecule has 3 aromatic rings. The third-order valence-corrected chi connectivity index (χ3v) is 6.67. The van der Waals surface area contributed by atoms with Gasteiger partial charge in [0.05, 0.1) is 18.4 Å². The fraction of sp³-hybridized carbons (Fsp3) is 0.238. The number of nitrogens with zero attached hydrogens (tertiary/aromatic N) is 4. The topological polar surface area (TPSA) is 75.5 Å². The highest BCUT2D eigenvalue weighted by Crippen LogP contribution is 2.30. The Bertz CT molecular complexity index is 1130. The van der Waals surface area contributed by atoms with E-state index in [1.807, 2.05) is 36.4 Å². The average Bonchev–Trinajstić information content (AvgIpc) is 3.35. The summed E-state index contributed by atoms with van der Waals surface area (Å²) in [6, 6.07) is 16.6. The van der Waals surface area contributed by atoms with Gasteiger partial charge in [-0.2, -0.15) is 5.10 Å². The van der Waals surface area contributed by atoms with Crippen LogP contribution in [0.5, 0.6) is 0 Å². The highest BCUT2D eigenvalue weighted by molar-refractivity contribution is 7.92. The first kappa shape index (κ1) is 19.2. The fourth-order valence-corrected chi connectivity index (χ4v) is 4.89. The minimum Gasteiger partial charge on any atom is -0.312 e. The summed E-state index contributed by atoms with van der Waals surface area (Å²) in [4.78, 5) is 14.0. The molecule has 1 fully saturated rings. The van der Waals surface area contributed by atoms with Crippen LogP contribution in [0.4, 0.5) is 11.4 Å². The lowest BCUT2D eigenvalue weighted by Crippen LogP contribution is -2.31. The van der Waals surface area contributed by atoms with E-state index in [4.69, 9.17) is 0 Å². The predicted octanol–water partition coefficient (Wildman–Crippen LogP) is 2.94. The van der Waals surface area contributed by atoms with Gasteiger partial charge in [0.25, 0.3) is 10.0 Å². The molecule has 2 heterocycles. The molecule has 0 spiro atoms. The van der Waals surface area contributed by atoms with Crippen LogP contribution in [0.25, 0.3) is 0 Å². The van der Waals surface area contributed by atoms with E-state index < -0.39 is 10.0 Å². The number of aromatic nitrogens is 2. The van der Waals surface area contributed by atoms with Crippen molar-refractivity contribution in [3.8, 4) is 0 Å². The second-order valence-electron chi connectivity index (χ2n) is 7.02. The van der Waals surface area contributed by atoms with Crippen molar-refractivity contribution >= 4 is 27.3 Å². The molecule has 29 heavy (non-hydrogen) atoms. The zero-order valence-corrected chi connectivity index (χ0v) is 16.9. The summed E-state index contributed by atoms with van der Waals surface area (Å²) in [5.41, 5.74) is 2.09. The lowest BCUT2D eigenvalue weighted by atomic mass is 10.2. The molecule has 2 aromatic carbocycles. The van der Waals surface area contributed by atoms with Crippen LogP contribution in [0.1, 0.15) is 18.4 Å². The molecule has 1 aliphatic rings. The largest absolute Gasteiger partial charge is 0.312 e. The van der Waals surface area contributed by atoms with Crippen LogP contribution in [0.3, 0.4) is 0 Å². The number of rotatable bonds is 6. The normalized spacial score (nSPS) is 14.4. The minimum atomic E-state index is -3.84. The Morgan fingerprint density at radius 2 is 1.90 bits per heavy atom. The molecule has 0 radical (unpaired) electrons. The number of carbonyl (C=O) groups is 1. The number of hydrogen-bond acceptors (Lipinski definition) is 4.